The highest BCUT2D eigenvalue weighted by molar-refractivity contribution is 7.85. The minimum absolute atomic E-state index is 0.466. The number of hydrogen-bond donors (Lipinski definition) is 1. The van der Waals surface area contributed by atoms with E-state index in [-0.39, 0.29) is 0 Å². The standard InChI is InChI=1S/C11H16N6OS/c1-16-11-8(6-13-16)10(12)14-9(15-11)7-17-2-4-19(18)5-3-17/h6H,2-5,7H2,1H3,(H2,12,14,15). The van der Waals surface area contributed by atoms with Gasteiger partial charge in [-0.1, -0.05) is 0 Å². The van der Waals surface area contributed by atoms with E-state index in [1.165, 1.54) is 0 Å². The molecule has 7 nitrogen and oxygen atoms in total. The summed E-state index contributed by atoms with van der Waals surface area (Å²) in [5.41, 5.74) is 6.68. The van der Waals surface area contributed by atoms with Crippen LogP contribution in [0.5, 0.6) is 0 Å². The molecule has 2 aromatic rings. The minimum Gasteiger partial charge on any atom is -0.383 e. The van der Waals surface area contributed by atoms with Crippen molar-refractivity contribution in [2.45, 2.75) is 6.54 Å². The van der Waals surface area contributed by atoms with E-state index in [1.807, 2.05) is 7.05 Å². The topological polar surface area (TPSA) is 89.9 Å². The number of aromatic nitrogens is 4. The highest BCUT2D eigenvalue weighted by Crippen LogP contribution is 2.17. The van der Waals surface area contributed by atoms with Crippen LogP contribution in [-0.2, 0) is 24.4 Å². The maximum Gasteiger partial charge on any atom is 0.163 e. The van der Waals surface area contributed by atoms with Crippen molar-refractivity contribution in [2.75, 3.05) is 30.3 Å². The summed E-state index contributed by atoms with van der Waals surface area (Å²) in [6.45, 7) is 2.28. The Balaban J connectivity index is 1.84. The van der Waals surface area contributed by atoms with Crippen LogP contribution in [0.4, 0.5) is 5.82 Å². The summed E-state index contributed by atoms with van der Waals surface area (Å²) in [4.78, 5) is 11.0. The zero-order valence-electron chi connectivity index (χ0n) is 10.7. The van der Waals surface area contributed by atoms with Gasteiger partial charge in [-0.15, -0.1) is 0 Å². The fraction of sp³-hybridized carbons (Fsp3) is 0.545. The molecule has 1 fully saturated rings. The molecule has 0 radical (unpaired) electrons. The monoisotopic (exact) mass is 280 g/mol. The van der Waals surface area contributed by atoms with E-state index in [2.05, 4.69) is 20.0 Å². The van der Waals surface area contributed by atoms with E-state index in [4.69, 9.17) is 5.73 Å². The van der Waals surface area contributed by atoms with Gasteiger partial charge in [0.2, 0.25) is 0 Å². The molecule has 3 rings (SSSR count). The number of nitrogens with two attached hydrogens (primary N) is 1. The van der Waals surface area contributed by atoms with Gasteiger partial charge in [0.15, 0.2) is 5.65 Å². The molecule has 0 saturated carbocycles. The summed E-state index contributed by atoms with van der Waals surface area (Å²) < 4.78 is 13.0. The lowest BCUT2D eigenvalue weighted by molar-refractivity contribution is 0.284. The average Bonchev–Trinajstić information content (AvgIpc) is 2.75. The number of fused-ring (bicyclic) bond motifs is 1. The van der Waals surface area contributed by atoms with Crippen LogP contribution in [0.3, 0.4) is 0 Å². The molecule has 2 N–H and O–H groups in total. The summed E-state index contributed by atoms with van der Waals surface area (Å²) >= 11 is 0. The molecule has 0 bridgehead atoms. The lowest BCUT2D eigenvalue weighted by atomic mass is 10.3. The van der Waals surface area contributed by atoms with Crippen molar-refractivity contribution < 1.29 is 4.21 Å². The van der Waals surface area contributed by atoms with Crippen LogP contribution in [0.25, 0.3) is 11.0 Å². The van der Waals surface area contributed by atoms with Gasteiger partial charge in [0.05, 0.1) is 18.1 Å². The predicted octanol–water partition coefficient (Wildman–Crippen LogP) is -0.490. The van der Waals surface area contributed by atoms with Gasteiger partial charge in [-0.25, -0.2) is 9.97 Å². The maximum absolute atomic E-state index is 11.3. The van der Waals surface area contributed by atoms with Crippen LogP contribution in [0, 0.1) is 0 Å². The fourth-order valence-corrected chi connectivity index (χ4v) is 3.32. The SMILES string of the molecule is Cn1ncc2c(N)nc(CN3CCS(=O)CC3)nc21. The molecular formula is C11H16N6OS. The molecule has 0 aliphatic carbocycles. The number of nitrogens with zero attached hydrogens (tertiary/aromatic N) is 5. The van der Waals surface area contributed by atoms with Gasteiger partial charge in [0.25, 0.3) is 0 Å². The number of rotatable bonds is 2. The molecule has 1 aliphatic rings. The Morgan fingerprint density at radius 3 is 2.84 bits per heavy atom. The molecule has 2 aromatic heterocycles. The van der Waals surface area contributed by atoms with E-state index >= 15 is 0 Å². The number of anilines is 1. The Morgan fingerprint density at radius 1 is 1.37 bits per heavy atom. The van der Waals surface area contributed by atoms with E-state index in [9.17, 15) is 4.21 Å². The van der Waals surface area contributed by atoms with Gasteiger partial charge in [-0.2, -0.15) is 5.10 Å². The van der Waals surface area contributed by atoms with Crippen LogP contribution >= 0.6 is 0 Å². The molecule has 0 spiro atoms. The van der Waals surface area contributed by atoms with Crippen molar-refractivity contribution in [2.24, 2.45) is 7.05 Å². The summed E-state index contributed by atoms with van der Waals surface area (Å²) in [6, 6.07) is 0. The normalized spacial score (nSPS) is 18.2. The van der Waals surface area contributed by atoms with Gasteiger partial charge in [0, 0.05) is 42.4 Å². The lowest BCUT2D eigenvalue weighted by Crippen LogP contribution is -2.37. The van der Waals surface area contributed by atoms with Gasteiger partial charge in [0.1, 0.15) is 11.6 Å². The van der Waals surface area contributed by atoms with E-state index < -0.39 is 10.8 Å². The molecule has 0 unspecified atom stereocenters. The largest absolute Gasteiger partial charge is 0.383 e. The Hall–Kier alpha value is -1.54. The van der Waals surface area contributed by atoms with Crippen LogP contribution in [0.2, 0.25) is 0 Å². The third-order valence-corrected chi connectivity index (χ3v) is 4.58. The Labute approximate surface area is 113 Å². The Kier molecular flexibility index (Phi) is 3.19. The number of nitrogen functional groups attached to an aromatic ring is 1. The van der Waals surface area contributed by atoms with Gasteiger partial charge < -0.3 is 5.73 Å². The summed E-state index contributed by atoms with van der Waals surface area (Å²) in [6.07, 6.45) is 1.68. The molecule has 1 aliphatic heterocycles. The Morgan fingerprint density at radius 2 is 2.11 bits per heavy atom. The van der Waals surface area contributed by atoms with Crippen molar-refractivity contribution in [1.29, 1.82) is 0 Å². The molecule has 0 atom stereocenters. The van der Waals surface area contributed by atoms with Crippen molar-refractivity contribution >= 4 is 27.7 Å². The molecule has 3 heterocycles. The minimum atomic E-state index is -0.664. The zero-order chi connectivity index (χ0) is 13.4. The fourth-order valence-electron chi connectivity index (χ4n) is 2.20. The highest BCUT2D eigenvalue weighted by Gasteiger charge is 2.17. The van der Waals surface area contributed by atoms with Crippen LogP contribution in [0.1, 0.15) is 5.82 Å². The molecule has 1 saturated heterocycles. The zero-order valence-corrected chi connectivity index (χ0v) is 11.6. The molecular weight excluding hydrogens is 264 g/mol. The Bertz CT molecular complexity index is 629. The van der Waals surface area contributed by atoms with Crippen LogP contribution in [-0.4, -0.2) is 53.5 Å². The van der Waals surface area contributed by atoms with Crippen LogP contribution in [0.15, 0.2) is 6.20 Å². The molecule has 19 heavy (non-hydrogen) atoms. The quantitative estimate of drug-likeness (QED) is 0.798. The second-order valence-corrected chi connectivity index (χ2v) is 6.35. The smallest absolute Gasteiger partial charge is 0.163 e. The second kappa shape index (κ2) is 4.86. The second-order valence-electron chi connectivity index (χ2n) is 4.65. The van der Waals surface area contributed by atoms with Gasteiger partial charge in [-0.3, -0.25) is 13.8 Å². The number of aryl methyl sites for hydroxylation is 1. The highest BCUT2D eigenvalue weighted by atomic mass is 32.2. The molecule has 102 valence electrons. The first-order valence-corrected chi connectivity index (χ1v) is 7.64. The van der Waals surface area contributed by atoms with E-state index in [0.717, 1.165) is 35.6 Å². The van der Waals surface area contributed by atoms with E-state index in [1.54, 1.807) is 10.9 Å². The average molecular weight is 280 g/mol. The van der Waals surface area contributed by atoms with Gasteiger partial charge in [-0.05, 0) is 0 Å². The first kappa shape index (κ1) is 12.5. The molecule has 0 amide bonds. The molecule has 8 heteroatoms. The third kappa shape index (κ3) is 2.45. The van der Waals surface area contributed by atoms with Crippen LogP contribution < -0.4 is 5.73 Å². The first-order valence-electron chi connectivity index (χ1n) is 6.15. The van der Waals surface area contributed by atoms with Crippen molar-refractivity contribution in [3.8, 4) is 0 Å². The summed E-state index contributed by atoms with van der Waals surface area (Å²) in [5.74, 6) is 2.61. The number of hydrogen-bond acceptors (Lipinski definition) is 6. The molecule has 0 aromatic carbocycles. The maximum atomic E-state index is 11.3. The lowest BCUT2D eigenvalue weighted by Gasteiger charge is -2.25. The summed E-state index contributed by atoms with van der Waals surface area (Å²) in [7, 11) is 1.17. The van der Waals surface area contributed by atoms with Crippen molar-refractivity contribution in [3.63, 3.8) is 0 Å². The van der Waals surface area contributed by atoms with Crippen molar-refractivity contribution in [1.82, 2.24) is 24.6 Å². The first-order chi connectivity index (χ1) is 9.13. The van der Waals surface area contributed by atoms with E-state index in [0.29, 0.717) is 18.2 Å². The van der Waals surface area contributed by atoms with Gasteiger partial charge >= 0.3 is 0 Å². The third-order valence-electron chi connectivity index (χ3n) is 3.30. The summed E-state index contributed by atoms with van der Waals surface area (Å²) in [5, 5.41) is 4.92. The predicted molar refractivity (Wildman–Crippen MR) is 73.9 cm³/mol. The van der Waals surface area contributed by atoms with Crippen molar-refractivity contribution in [3.05, 3.63) is 12.0 Å².